The summed E-state index contributed by atoms with van der Waals surface area (Å²) in [4.78, 5) is 11.7. The first-order chi connectivity index (χ1) is 9.79. The van der Waals surface area contributed by atoms with Crippen molar-refractivity contribution in [1.82, 2.24) is 25.5 Å². The van der Waals surface area contributed by atoms with Crippen molar-refractivity contribution < 1.29 is 4.79 Å². The molecule has 0 unspecified atom stereocenters. The number of carbonyl (C=O) groups is 1. The Morgan fingerprint density at radius 2 is 2.15 bits per heavy atom. The number of nitrogens with one attached hydrogen (secondary N) is 1. The minimum atomic E-state index is -0.0545. The first-order valence-electron chi connectivity index (χ1n) is 6.19. The molecule has 1 heterocycles. The molecule has 0 atom stereocenters. The van der Waals surface area contributed by atoms with E-state index in [-0.39, 0.29) is 11.7 Å². The van der Waals surface area contributed by atoms with Gasteiger partial charge in [0.25, 0.3) is 0 Å². The van der Waals surface area contributed by atoms with Crippen LogP contribution in [-0.4, -0.2) is 38.4 Å². The topological polar surface area (TPSA) is 98.7 Å². The molecule has 1 aromatic carbocycles. The predicted octanol–water partition coefficient (Wildman–Crippen LogP) is 0.0403. The van der Waals surface area contributed by atoms with Gasteiger partial charge in [-0.15, -0.1) is 5.10 Å². The summed E-state index contributed by atoms with van der Waals surface area (Å²) < 4.78 is 1.59. The number of hydrogen-bond donors (Lipinski definition) is 2. The lowest BCUT2D eigenvalue weighted by molar-refractivity contribution is -0.118. The van der Waals surface area contributed by atoms with Gasteiger partial charge in [0.15, 0.2) is 0 Å². The van der Waals surface area contributed by atoms with Gasteiger partial charge in [-0.2, -0.15) is 0 Å². The molecule has 0 fully saturated rings. The lowest BCUT2D eigenvalue weighted by atomic mass is 10.2. The van der Waals surface area contributed by atoms with Crippen LogP contribution in [0, 0.1) is 0 Å². The summed E-state index contributed by atoms with van der Waals surface area (Å²) in [6.45, 7) is 1.52. The van der Waals surface area contributed by atoms with Crippen molar-refractivity contribution >= 4 is 17.7 Å². The monoisotopic (exact) mass is 292 g/mol. The second kappa shape index (κ2) is 7.61. The SMILES string of the molecule is NCCn1nnnc1SCC(=O)NCc1ccccc1. The van der Waals surface area contributed by atoms with Gasteiger partial charge in [-0.1, -0.05) is 42.1 Å². The summed E-state index contributed by atoms with van der Waals surface area (Å²) in [5.74, 6) is 0.221. The van der Waals surface area contributed by atoms with Crippen molar-refractivity contribution in [2.24, 2.45) is 5.73 Å². The molecule has 1 amide bonds. The molecule has 1 aromatic heterocycles. The van der Waals surface area contributed by atoms with Crippen molar-refractivity contribution in [3.05, 3.63) is 35.9 Å². The summed E-state index contributed by atoms with van der Waals surface area (Å²) >= 11 is 1.30. The molecular formula is C12H16N6OS. The quantitative estimate of drug-likeness (QED) is 0.699. The Labute approximate surface area is 120 Å². The van der Waals surface area contributed by atoms with E-state index in [1.54, 1.807) is 4.68 Å². The molecule has 20 heavy (non-hydrogen) atoms. The minimum Gasteiger partial charge on any atom is -0.351 e. The van der Waals surface area contributed by atoms with Crippen LogP contribution < -0.4 is 11.1 Å². The van der Waals surface area contributed by atoms with Gasteiger partial charge >= 0.3 is 0 Å². The molecule has 8 heteroatoms. The Kier molecular flexibility index (Phi) is 5.51. The number of amides is 1. The normalized spacial score (nSPS) is 10.4. The molecule has 0 bridgehead atoms. The number of hydrogen-bond acceptors (Lipinski definition) is 6. The third-order valence-electron chi connectivity index (χ3n) is 2.50. The van der Waals surface area contributed by atoms with E-state index in [1.165, 1.54) is 11.8 Å². The summed E-state index contributed by atoms with van der Waals surface area (Å²) in [6.07, 6.45) is 0. The Morgan fingerprint density at radius 1 is 1.35 bits per heavy atom. The Balaban J connectivity index is 1.76. The van der Waals surface area contributed by atoms with Crippen molar-refractivity contribution in [3.8, 4) is 0 Å². The van der Waals surface area contributed by atoms with Crippen LogP contribution in [-0.2, 0) is 17.9 Å². The number of carbonyl (C=O) groups excluding carboxylic acids is 1. The molecular weight excluding hydrogens is 276 g/mol. The maximum atomic E-state index is 11.7. The van der Waals surface area contributed by atoms with Gasteiger partial charge in [0.2, 0.25) is 11.1 Å². The molecule has 2 rings (SSSR count). The highest BCUT2D eigenvalue weighted by molar-refractivity contribution is 7.99. The molecule has 0 aliphatic carbocycles. The van der Waals surface area contributed by atoms with Crippen LogP contribution in [0.3, 0.4) is 0 Å². The Morgan fingerprint density at radius 3 is 2.90 bits per heavy atom. The highest BCUT2D eigenvalue weighted by Gasteiger charge is 2.09. The van der Waals surface area contributed by atoms with Gasteiger partial charge in [0.05, 0.1) is 12.3 Å². The molecule has 0 aliphatic heterocycles. The third kappa shape index (κ3) is 4.32. The molecule has 0 saturated heterocycles. The number of thioether (sulfide) groups is 1. The molecule has 2 aromatic rings. The summed E-state index contributed by atoms with van der Waals surface area (Å²) in [7, 11) is 0. The lowest BCUT2D eigenvalue weighted by Crippen LogP contribution is -2.24. The highest BCUT2D eigenvalue weighted by atomic mass is 32.2. The van der Waals surface area contributed by atoms with Gasteiger partial charge in [-0.05, 0) is 16.0 Å². The average Bonchev–Trinajstić information content (AvgIpc) is 2.92. The third-order valence-corrected chi connectivity index (χ3v) is 3.46. The lowest BCUT2D eigenvalue weighted by Gasteiger charge is -2.05. The van der Waals surface area contributed by atoms with E-state index in [2.05, 4.69) is 20.8 Å². The second-order valence-electron chi connectivity index (χ2n) is 4.02. The number of nitrogens with two attached hydrogens (primary N) is 1. The van der Waals surface area contributed by atoms with E-state index in [0.29, 0.717) is 24.8 Å². The molecule has 7 nitrogen and oxygen atoms in total. The van der Waals surface area contributed by atoms with Gasteiger partial charge in [0, 0.05) is 13.1 Å². The van der Waals surface area contributed by atoms with Crippen LogP contribution in [0.15, 0.2) is 35.5 Å². The molecule has 3 N–H and O–H groups in total. The number of rotatable bonds is 7. The fourth-order valence-electron chi connectivity index (χ4n) is 1.54. The van der Waals surface area contributed by atoms with Crippen LogP contribution >= 0.6 is 11.8 Å². The summed E-state index contributed by atoms with van der Waals surface area (Å²) in [5.41, 5.74) is 6.52. The van der Waals surface area contributed by atoms with Crippen LogP contribution in [0.2, 0.25) is 0 Å². The van der Waals surface area contributed by atoms with Crippen LogP contribution in [0.25, 0.3) is 0 Å². The van der Waals surface area contributed by atoms with E-state index in [1.807, 2.05) is 30.3 Å². The van der Waals surface area contributed by atoms with E-state index in [9.17, 15) is 4.79 Å². The minimum absolute atomic E-state index is 0.0545. The average molecular weight is 292 g/mol. The van der Waals surface area contributed by atoms with E-state index in [0.717, 1.165) is 5.56 Å². The van der Waals surface area contributed by atoms with Crippen molar-refractivity contribution in [3.63, 3.8) is 0 Å². The van der Waals surface area contributed by atoms with E-state index >= 15 is 0 Å². The van der Waals surface area contributed by atoms with Crippen molar-refractivity contribution in [2.45, 2.75) is 18.2 Å². The van der Waals surface area contributed by atoms with Crippen molar-refractivity contribution in [1.29, 1.82) is 0 Å². The smallest absolute Gasteiger partial charge is 0.230 e. The van der Waals surface area contributed by atoms with Gasteiger partial charge < -0.3 is 11.1 Å². The standard InChI is InChI=1S/C12H16N6OS/c13-6-7-18-12(15-16-17-18)20-9-11(19)14-8-10-4-2-1-3-5-10/h1-5H,6-9,13H2,(H,14,19). The summed E-state index contributed by atoms with van der Waals surface area (Å²) in [5, 5.41) is 14.7. The van der Waals surface area contributed by atoms with Gasteiger partial charge in [-0.3, -0.25) is 4.79 Å². The van der Waals surface area contributed by atoms with Gasteiger partial charge in [0.1, 0.15) is 0 Å². The summed E-state index contributed by atoms with van der Waals surface area (Å²) in [6, 6.07) is 9.76. The van der Waals surface area contributed by atoms with Crippen molar-refractivity contribution in [2.75, 3.05) is 12.3 Å². The maximum absolute atomic E-state index is 11.7. The Hall–Kier alpha value is -1.93. The highest BCUT2D eigenvalue weighted by Crippen LogP contribution is 2.12. The second-order valence-corrected chi connectivity index (χ2v) is 4.97. The molecule has 0 spiro atoms. The zero-order valence-corrected chi connectivity index (χ0v) is 11.7. The predicted molar refractivity (Wildman–Crippen MR) is 75.9 cm³/mol. The molecule has 0 radical (unpaired) electrons. The number of benzene rings is 1. The van der Waals surface area contributed by atoms with Crippen LogP contribution in [0.1, 0.15) is 5.56 Å². The number of nitrogens with zero attached hydrogens (tertiary/aromatic N) is 4. The first-order valence-corrected chi connectivity index (χ1v) is 7.18. The number of aromatic nitrogens is 4. The fraction of sp³-hybridized carbons (Fsp3) is 0.333. The van der Waals surface area contributed by atoms with Gasteiger partial charge in [-0.25, -0.2) is 4.68 Å². The van der Waals surface area contributed by atoms with Crippen LogP contribution in [0.4, 0.5) is 0 Å². The fourth-order valence-corrected chi connectivity index (χ4v) is 2.27. The molecule has 0 aliphatic rings. The largest absolute Gasteiger partial charge is 0.351 e. The first kappa shape index (κ1) is 14.5. The van der Waals surface area contributed by atoms with E-state index < -0.39 is 0 Å². The van der Waals surface area contributed by atoms with Crippen LogP contribution in [0.5, 0.6) is 0 Å². The number of tetrazole rings is 1. The molecule has 0 saturated carbocycles. The maximum Gasteiger partial charge on any atom is 0.230 e. The zero-order chi connectivity index (χ0) is 14.2. The zero-order valence-electron chi connectivity index (χ0n) is 10.9. The Bertz CT molecular complexity index is 544. The molecule has 106 valence electrons. The van der Waals surface area contributed by atoms with E-state index in [4.69, 9.17) is 5.73 Å².